The number of benzene rings is 2. The number of aliphatic carboxylic acids is 1. The first kappa shape index (κ1) is 16.0. The predicted octanol–water partition coefficient (Wildman–Crippen LogP) is 4.83. The zero-order chi connectivity index (χ0) is 17.2. The third-order valence-corrected chi connectivity index (χ3v) is 5.98. The van der Waals surface area contributed by atoms with E-state index in [2.05, 4.69) is 24.3 Å². The van der Waals surface area contributed by atoms with Gasteiger partial charge >= 0.3 is 5.97 Å². The third-order valence-electron chi connectivity index (χ3n) is 4.78. The van der Waals surface area contributed by atoms with Gasteiger partial charge in [0, 0.05) is 4.88 Å². The van der Waals surface area contributed by atoms with Crippen LogP contribution >= 0.6 is 11.3 Å². The summed E-state index contributed by atoms with van der Waals surface area (Å²) < 4.78 is 0. The SMILES string of the molecule is O=C(O)C1CCCc2sc(C(c3ccccc3)c3ccccc3)nc21. The van der Waals surface area contributed by atoms with Crippen LogP contribution in [0.5, 0.6) is 0 Å². The first-order chi connectivity index (χ1) is 12.2. The Morgan fingerprint density at radius 2 is 1.64 bits per heavy atom. The van der Waals surface area contributed by atoms with Crippen LogP contribution in [-0.4, -0.2) is 16.1 Å². The van der Waals surface area contributed by atoms with Gasteiger partial charge in [-0.1, -0.05) is 60.7 Å². The molecule has 1 unspecified atom stereocenters. The number of aromatic nitrogens is 1. The number of hydrogen-bond acceptors (Lipinski definition) is 3. The summed E-state index contributed by atoms with van der Waals surface area (Å²) in [6, 6.07) is 20.7. The summed E-state index contributed by atoms with van der Waals surface area (Å²) in [5.74, 6) is -1.16. The van der Waals surface area contributed by atoms with Crippen LogP contribution in [0.3, 0.4) is 0 Å². The molecule has 0 radical (unpaired) electrons. The largest absolute Gasteiger partial charge is 0.481 e. The molecule has 4 rings (SSSR count). The lowest BCUT2D eigenvalue weighted by Gasteiger charge is -2.17. The Kier molecular flexibility index (Phi) is 4.36. The molecule has 3 aromatic rings. The minimum Gasteiger partial charge on any atom is -0.481 e. The molecule has 0 fully saturated rings. The van der Waals surface area contributed by atoms with Gasteiger partial charge in [0.25, 0.3) is 0 Å². The molecule has 4 heteroatoms. The summed E-state index contributed by atoms with van der Waals surface area (Å²) in [5.41, 5.74) is 3.16. The van der Waals surface area contributed by atoms with Crippen molar-refractivity contribution in [1.29, 1.82) is 0 Å². The van der Waals surface area contributed by atoms with Gasteiger partial charge in [0.1, 0.15) is 5.01 Å². The second-order valence-corrected chi connectivity index (χ2v) is 7.51. The van der Waals surface area contributed by atoms with Crippen molar-refractivity contribution in [2.24, 2.45) is 0 Å². The highest BCUT2D eigenvalue weighted by Gasteiger charge is 2.32. The normalized spacial score (nSPS) is 16.6. The van der Waals surface area contributed by atoms with Crippen LogP contribution in [0.15, 0.2) is 60.7 Å². The van der Waals surface area contributed by atoms with Crippen LogP contribution in [0, 0.1) is 0 Å². The van der Waals surface area contributed by atoms with E-state index < -0.39 is 11.9 Å². The Hall–Kier alpha value is -2.46. The summed E-state index contributed by atoms with van der Waals surface area (Å²) in [6.45, 7) is 0. The summed E-state index contributed by atoms with van der Waals surface area (Å²) in [5, 5.41) is 10.5. The van der Waals surface area contributed by atoms with Crippen molar-refractivity contribution in [3.05, 3.63) is 87.4 Å². The molecule has 0 bridgehead atoms. The van der Waals surface area contributed by atoms with Gasteiger partial charge in [0.15, 0.2) is 0 Å². The van der Waals surface area contributed by atoms with Crippen molar-refractivity contribution in [3.63, 3.8) is 0 Å². The first-order valence-corrected chi connectivity index (χ1v) is 9.38. The highest BCUT2D eigenvalue weighted by molar-refractivity contribution is 7.12. The zero-order valence-corrected chi connectivity index (χ0v) is 14.6. The van der Waals surface area contributed by atoms with Crippen molar-refractivity contribution in [1.82, 2.24) is 4.98 Å². The van der Waals surface area contributed by atoms with Crippen LogP contribution in [0.25, 0.3) is 0 Å². The molecule has 0 saturated carbocycles. The molecule has 1 aliphatic rings. The van der Waals surface area contributed by atoms with Gasteiger partial charge in [0.05, 0.1) is 17.5 Å². The molecule has 1 aromatic heterocycles. The van der Waals surface area contributed by atoms with E-state index in [9.17, 15) is 9.90 Å². The van der Waals surface area contributed by atoms with E-state index in [0.717, 1.165) is 28.4 Å². The second kappa shape index (κ2) is 6.81. The van der Waals surface area contributed by atoms with Gasteiger partial charge in [-0.3, -0.25) is 4.79 Å². The average Bonchev–Trinajstić information content (AvgIpc) is 3.07. The number of aryl methyl sites for hydroxylation is 1. The molecule has 0 amide bonds. The summed E-state index contributed by atoms with van der Waals surface area (Å²) in [4.78, 5) is 17.6. The Balaban J connectivity index is 1.83. The minimum absolute atomic E-state index is 0.0486. The van der Waals surface area contributed by atoms with E-state index >= 15 is 0 Å². The number of rotatable bonds is 4. The van der Waals surface area contributed by atoms with E-state index in [4.69, 9.17) is 4.98 Å². The highest BCUT2D eigenvalue weighted by Crippen LogP contribution is 2.40. The number of hydrogen-bond donors (Lipinski definition) is 1. The molecular weight excluding hydrogens is 330 g/mol. The number of thiazole rings is 1. The fourth-order valence-corrected chi connectivity index (χ4v) is 4.90. The van der Waals surface area contributed by atoms with E-state index in [-0.39, 0.29) is 5.92 Å². The van der Waals surface area contributed by atoms with Gasteiger partial charge in [-0.15, -0.1) is 11.3 Å². The molecule has 0 aliphatic heterocycles. The van der Waals surface area contributed by atoms with Gasteiger partial charge in [-0.05, 0) is 30.4 Å². The standard InChI is InChI=1S/C21H19NO2S/c23-21(24)16-12-7-13-17-19(16)22-20(25-17)18(14-8-3-1-4-9-14)15-10-5-2-6-11-15/h1-6,8-11,16,18H,7,12-13H2,(H,23,24). The zero-order valence-electron chi connectivity index (χ0n) is 13.8. The molecule has 126 valence electrons. The Labute approximate surface area is 151 Å². The van der Waals surface area contributed by atoms with Crippen LogP contribution < -0.4 is 0 Å². The lowest BCUT2D eigenvalue weighted by molar-refractivity contribution is -0.139. The average molecular weight is 349 g/mol. The van der Waals surface area contributed by atoms with E-state index in [1.54, 1.807) is 11.3 Å². The number of carbonyl (C=O) groups is 1. The van der Waals surface area contributed by atoms with E-state index in [1.807, 2.05) is 36.4 Å². The highest BCUT2D eigenvalue weighted by atomic mass is 32.1. The van der Waals surface area contributed by atoms with Gasteiger partial charge in [-0.2, -0.15) is 0 Å². The molecule has 3 nitrogen and oxygen atoms in total. The monoisotopic (exact) mass is 349 g/mol. The van der Waals surface area contributed by atoms with Crippen molar-refractivity contribution >= 4 is 17.3 Å². The molecule has 1 N–H and O–H groups in total. The van der Waals surface area contributed by atoms with E-state index in [1.165, 1.54) is 11.1 Å². The lowest BCUT2D eigenvalue weighted by Crippen LogP contribution is -2.17. The summed E-state index contributed by atoms with van der Waals surface area (Å²) in [7, 11) is 0. The maximum absolute atomic E-state index is 11.6. The molecule has 1 aliphatic carbocycles. The summed E-state index contributed by atoms with van der Waals surface area (Å²) in [6.07, 6.45) is 2.55. The predicted molar refractivity (Wildman–Crippen MR) is 99.3 cm³/mol. The number of nitrogens with zero attached hydrogens (tertiary/aromatic N) is 1. The quantitative estimate of drug-likeness (QED) is 0.734. The first-order valence-electron chi connectivity index (χ1n) is 8.56. The Morgan fingerprint density at radius 3 is 2.20 bits per heavy atom. The fourth-order valence-electron chi connectivity index (χ4n) is 3.57. The van der Waals surface area contributed by atoms with E-state index in [0.29, 0.717) is 6.42 Å². The van der Waals surface area contributed by atoms with Crippen molar-refractivity contribution in [3.8, 4) is 0 Å². The third kappa shape index (κ3) is 3.10. The van der Waals surface area contributed by atoms with Gasteiger partial charge < -0.3 is 5.11 Å². The molecule has 1 atom stereocenters. The second-order valence-electron chi connectivity index (χ2n) is 6.40. The van der Waals surface area contributed by atoms with Crippen molar-refractivity contribution in [2.75, 3.05) is 0 Å². The number of carboxylic acid groups (broad SMARTS) is 1. The van der Waals surface area contributed by atoms with Crippen LogP contribution in [0.4, 0.5) is 0 Å². The number of carboxylic acids is 1. The van der Waals surface area contributed by atoms with Crippen LogP contribution in [0.1, 0.15) is 51.4 Å². The fraction of sp³-hybridized carbons (Fsp3) is 0.238. The smallest absolute Gasteiger partial charge is 0.312 e. The topological polar surface area (TPSA) is 50.2 Å². The molecule has 1 heterocycles. The summed E-state index contributed by atoms with van der Waals surface area (Å²) >= 11 is 1.68. The number of fused-ring (bicyclic) bond motifs is 1. The molecule has 0 spiro atoms. The van der Waals surface area contributed by atoms with Crippen molar-refractivity contribution in [2.45, 2.75) is 31.1 Å². The maximum atomic E-state index is 11.6. The van der Waals surface area contributed by atoms with Gasteiger partial charge in [0.2, 0.25) is 0 Å². The molecule has 25 heavy (non-hydrogen) atoms. The Bertz CT molecular complexity index is 834. The minimum atomic E-state index is -0.756. The van der Waals surface area contributed by atoms with Crippen molar-refractivity contribution < 1.29 is 9.90 Å². The molecule has 2 aromatic carbocycles. The van der Waals surface area contributed by atoms with Crippen LogP contribution in [-0.2, 0) is 11.2 Å². The molecular formula is C21H19NO2S. The van der Waals surface area contributed by atoms with Gasteiger partial charge in [-0.25, -0.2) is 4.98 Å². The lowest BCUT2D eigenvalue weighted by atomic mass is 9.90. The van der Waals surface area contributed by atoms with Crippen LogP contribution in [0.2, 0.25) is 0 Å². The molecule has 0 saturated heterocycles. The maximum Gasteiger partial charge on any atom is 0.312 e. The Morgan fingerprint density at radius 1 is 1.04 bits per heavy atom.